The van der Waals surface area contributed by atoms with Crippen LogP contribution in [-0.4, -0.2) is 11.8 Å². The Morgan fingerprint density at radius 1 is 1.36 bits per heavy atom. The Morgan fingerprint density at radius 2 is 1.93 bits per heavy atom. The smallest absolute Gasteiger partial charge is 0.193 e. The van der Waals surface area contributed by atoms with E-state index in [1.54, 1.807) is 0 Å². The van der Waals surface area contributed by atoms with E-state index in [4.69, 9.17) is 0 Å². The second-order valence-electron chi connectivity index (χ2n) is 4.73. The van der Waals surface area contributed by atoms with Gasteiger partial charge >= 0.3 is 0 Å². The maximum absolute atomic E-state index is 12.0. The summed E-state index contributed by atoms with van der Waals surface area (Å²) < 4.78 is 0. The number of carbonyl (C=O) groups is 1. The van der Waals surface area contributed by atoms with Gasteiger partial charge in [-0.05, 0) is 19.3 Å². The second-order valence-corrected chi connectivity index (χ2v) is 4.73. The van der Waals surface area contributed by atoms with Crippen LogP contribution in [0.25, 0.3) is 0 Å². The molecule has 2 nitrogen and oxygen atoms in total. The van der Waals surface area contributed by atoms with E-state index in [0.717, 1.165) is 19.3 Å². The van der Waals surface area contributed by atoms with E-state index in [1.165, 1.54) is 19.3 Å². The van der Waals surface area contributed by atoms with Gasteiger partial charge < -0.3 is 5.73 Å². The minimum absolute atomic E-state index is 0.0306. The van der Waals surface area contributed by atoms with Crippen molar-refractivity contribution in [1.82, 2.24) is 0 Å². The van der Waals surface area contributed by atoms with Gasteiger partial charge in [-0.2, -0.15) is 0 Å². The number of carbonyl (C=O) groups excluding carboxylic acids is 1. The first-order valence-corrected chi connectivity index (χ1v) is 6.03. The molecule has 0 heterocycles. The van der Waals surface area contributed by atoms with Crippen molar-refractivity contribution < 1.29 is 10.5 Å². The lowest BCUT2D eigenvalue weighted by atomic mass is 9.81. The first-order chi connectivity index (χ1) is 6.66. The zero-order valence-electron chi connectivity index (χ0n) is 9.59. The maximum Gasteiger partial charge on any atom is 0.193 e. The number of rotatable bonds is 4. The molecule has 0 aromatic rings. The lowest BCUT2D eigenvalue weighted by Gasteiger charge is -2.23. The highest BCUT2D eigenvalue weighted by molar-refractivity contribution is 5.85. The minimum Gasteiger partial charge on any atom is -0.349 e. The fraction of sp³-hybridized carbons (Fsp3) is 0.917. The first-order valence-electron chi connectivity index (χ1n) is 6.03. The number of hydrogen-bond donors (Lipinski definition) is 1. The third-order valence-corrected chi connectivity index (χ3v) is 3.70. The van der Waals surface area contributed by atoms with Gasteiger partial charge in [0.1, 0.15) is 6.04 Å². The van der Waals surface area contributed by atoms with Crippen LogP contribution >= 0.6 is 0 Å². The van der Waals surface area contributed by atoms with Crippen LogP contribution < -0.4 is 5.73 Å². The van der Waals surface area contributed by atoms with Crippen LogP contribution in [0.1, 0.15) is 52.4 Å². The predicted octanol–water partition coefficient (Wildman–Crippen LogP) is 1.79. The molecule has 0 spiro atoms. The van der Waals surface area contributed by atoms with E-state index in [2.05, 4.69) is 19.6 Å². The van der Waals surface area contributed by atoms with Crippen LogP contribution in [0.3, 0.4) is 0 Å². The van der Waals surface area contributed by atoms with Crippen LogP contribution in [-0.2, 0) is 4.79 Å². The number of quaternary nitrogens is 1. The zero-order valence-corrected chi connectivity index (χ0v) is 9.59. The van der Waals surface area contributed by atoms with Crippen molar-refractivity contribution in [2.45, 2.75) is 58.4 Å². The van der Waals surface area contributed by atoms with Gasteiger partial charge in [0.25, 0.3) is 0 Å². The molecule has 82 valence electrons. The molecule has 1 rings (SSSR count). The summed E-state index contributed by atoms with van der Waals surface area (Å²) in [6.07, 6.45) is 7.08. The molecule has 0 aromatic carbocycles. The first kappa shape index (κ1) is 11.7. The van der Waals surface area contributed by atoms with Gasteiger partial charge in [-0.1, -0.05) is 33.1 Å². The molecule has 1 aliphatic rings. The number of ketones is 1. The lowest BCUT2D eigenvalue weighted by Crippen LogP contribution is -2.68. The molecule has 2 unspecified atom stereocenters. The van der Waals surface area contributed by atoms with Gasteiger partial charge in [-0.3, -0.25) is 4.79 Å². The normalized spacial score (nSPS) is 23.1. The molecule has 2 atom stereocenters. The van der Waals surface area contributed by atoms with Crippen LogP contribution in [0.5, 0.6) is 0 Å². The predicted molar refractivity (Wildman–Crippen MR) is 57.7 cm³/mol. The second kappa shape index (κ2) is 5.50. The van der Waals surface area contributed by atoms with E-state index in [9.17, 15) is 4.79 Å². The van der Waals surface area contributed by atoms with Gasteiger partial charge in [-0.25, -0.2) is 0 Å². The summed E-state index contributed by atoms with van der Waals surface area (Å²) in [7, 11) is 0. The van der Waals surface area contributed by atoms with E-state index in [0.29, 0.717) is 17.6 Å². The largest absolute Gasteiger partial charge is 0.349 e. The van der Waals surface area contributed by atoms with Crippen molar-refractivity contribution in [1.29, 1.82) is 0 Å². The van der Waals surface area contributed by atoms with Gasteiger partial charge in [0, 0.05) is 11.8 Å². The fourth-order valence-electron chi connectivity index (χ4n) is 2.25. The summed E-state index contributed by atoms with van der Waals surface area (Å²) in [5.41, 5.74) is 4.03. The molecule has 1 fully saturated rings. The van der Waals surface area contributed by atoms with Crippen molar-refractivity contribution >= 4 is 5.78 Å². The summed E-state index contributed by atoms with van der Waals surface area (Å²) in [6.45, 7) is 4.27. The van der Waals surface area contributed by atoms with Gasteiger partial charge in [-0.15, -0.1) is 0 Å². The summed E-state index contributed by atoms with van der Waals surface area (Å²) in [5.74, 6) is 1.21. The standard InChI is InChI=1S/C12H23NO/c1-3-9(2)11(13)12(14)10-7-5-4-6-8-10/h9-11H,3-8,13H2,1-2H3/p+1. The Bertz CT molecular complexity index is 181. The fourth-order valence-corrected chi connectivity index (χ4v) is 2.25. The molecule has 1 saturated carbocycles. The molecule has 0 aromatic heterocycles. The van der Waals surface area contributed by atoms with Crippen molar-refractivity contribution in [3.8, 4) is 0 Å². The molecule has 0 saturated heterocycles. The SMILES string of the molecule is CCC(C)C([NH3+])C(=O)C1CCCCC1. The molecule has 0 bridgehead atoms. The van der Waals surface area contributed by atoms with Crippen LogP contribution in [0.15, 0.2) is 0 Å². The number of Topliss-reactive ketones (excluding diaryl/α,β-unsaturated/α-hetero) is 1. The van der Waals surface area contributed by atoms with Crippen LogP contribution in [0.2, 0.25) is 0 Å². The highest BCUT2D eigenvalue weighted by Gasteiger charge is 2.30. The van der Waals surface area contributed by atoms with Crippen molar-refractivity contribution in [3.63, 3.8) is 0 Å². The Labute approximate surface area is 87.2 Å². The van der Waals surface area contributed by atoms with Crippen LogP contribution in [0, 0.1) is 11.8 Å². The van der Waals surface area contributed by atoms with E-state index in [-0.39, 0.29) is 6.04 Å². The molecular weight excluding hydrogens is 174 g/mol. The molecule has 0 aliphatic heterocycles. The monoisotopic (exact) mass is 198 g/mol. The van der Waals surface area contributed by atoms with Crippen LogP contribution in [0.4, 0.5) is 0 Å². The number of hydrogen-bond acceptors (Lipinski definition) is 1. The van der Waals surface area contributed by atoms with Crippen molar-refractivity contribution in [2.75, 3.05) is 0 Å². The highest BCUT2D eigenvalue weighted by Crippen LogP contribution is 2.26. The average molecular weight is 198 g/mol. The lowest BCUT2D eigenvalue weighted by molar-refractivity contribution is -0.415. The molecule has 3 N–H and O–H groups in total. The Balaban J connectivity index is 2.46. The summed E-state index contributed by atoms with van der Waals surface area (Å²) >= 11 is 0. The summed E-state index contributed by atoms with van der Waals surface area (Å²) in [6, 6.07) is 0.0306. The topological polar surface area (TPSA) is 44.7 Å². The third kappa shape index (κ3) is 2.81. The van der Waals surface area contributed by atoms with Gasteiger partial charge in [0.15, 0.2) is 5.78 Å². The summed E-state index contributed by atoms with van der Waals surface area (Å²) in [5, 5.41) is 0. The summed E-state index contributed by atoms with van der Waals surface area (Å²) in [4.78, 5) is 12.0. The molecule has 0 radical (unpaired) electrons. The zero-order chi connectivity index (χ0) is 10.6. The molecular formula is C12H24NO+. The van der Waals surface area contributed by atoms with E-state index in [1.807, 2.05) is 0 Å². The molecule has 0 amide bonds. The molecule has 2 heteroatoms. The maximum atomic E-state index is 12.0. The Hall–Kier alpha value is -0.370. The average Bonchev–Trinajstić information content (AvgIpc) is 2.27. The molecule has 1 aliphatic carbocycles. The Kier molecular flexibility index (Phi) is 4.59. The minimum atomic E-state index is 0.0306. The van der Waals surface area contributed by atoms with E-state index >= 15 is 0 Å². The third-order valence-electron chi connectivity index (χ3n) is 3.70. The molecule has 14 heavy (non-hydrogen) atoms. The van der Waals surface area contributed by atoms with Crippen molar-refractivity contribution in [2.24, 2.45) is 11.8 Å². The Morgan fingerprint density at radius 3 is 2.43 bits per heavy atom. The quantitative estimate of drug-likeness (QED) is 0.735. The highest BCUT2D eigenvalue weighted by atomic mass is 16.1. The van der Waals surface area contributed by atoms with Crippen molar-refractivity contribution in [3.05, 3.63) is 0 Å². The van der Waals surface area contributed by atoms with Gasteiger partial charge in [0.2, 0.25) is 0 Å². The van der Waals surface area contributed by atoms with Gasteiger partial charge in [0.05, 0.1) is 0 Å². The van der Waals surface area contributed by atoms with E-state index < -0.39 is 0 Å².